The number of carbonyl (C=O) groups is 2. The first-order valence-corrected chi connectivity index (χ1v) is 6.15. The minimum atomic E-state index is -1.23. The Labute approximate surface area is 94.1 Å². The summed E-state index contributed by atoms with van der Waals surface area (Å²) in [7, 11) is -0.980. The molecular formula is C9H11NO5S. The van der Waals surface area contributed by atoms with Crippen molar-refractivity contribution in [1.29, 1.82) is 0 Å². The molecule has 0 radical (unpaired) electrons. The fourth-order valence-corrected chi connectivity index (χ4v) is 1.36. The predicted octanol–water partition coefficient (Wildman–Crippen LogP) is 0.0861. The summed E-state index contributed by atoms with van der Waals surface area (Å²) in [6.07, 6.45) is 1.53. The van der Waals surface area contributed by atoms with Crippen LogP contribution in [-0.4, -0.2) is 39.7 Å². The van der Waals surface area contributed by atoms with Crippen LogP contribution in [-0.2, 0) is 10.8 Å². The molecule has 0 aliphatic rings. The lowest BCUT2D eigenvalue weighted by atomic mass is 10.4. The van der Waals surface area contributed by atoms with E-state index in [4.69, 9.17) is 9.52 Å². The summed E-state index contributed by atoms with van der Waals surface area (Å²) >= 11 is 0. The van der Waals surface area contributed by atoms with E-state index in [0.29, 0.717) is 5.75 Å². The number of carboxylic acids is 1. The van der Waals surface area contributed by atoms with Crippen LogP contribution in [0, 0.1) is 0 Å². The third kappa shape index (κ3) is 3.50. The number of amides is 1. The minimum Gasteiger partial charge on any atom is -0.475 e. The highest BCUT2D eigenvalue weighted by molar-refractivity contribution is 7.84. The van der Waals surface area contributed by atoms with Crippen molar-refractivity contribution in [2.24, 2.45) is 0 Å². The second kappa shape index (κ2) is 5.45. The largest absolute Gasteiger partial charge is 0.475 e. The van der Waals surface area contributed by atoms with Gasteiger partial charge in [0.1, 0.15) is 0 Å². The second-order valence-corrected chi connectivity index (χ2v) is 4.56. The van der Waals surface area contributed by atoms with Crippen molar-refractivity contribution < 1.29 is 23.3 Å². The zero-order valence-corrected chi connectivity index (χ0v) is 9.37. The number of carboxylic acid groups (broad SMARTS) is 1. The number of nitrogens with one attached hydrogen (secondary N) is 1. The molecule has 1 aromatic heterocycles. The van der Waals surface area contributed by atoms with Gasteiger partial charge in [0.25, 0.3) is 5.91 Å². The molecule has 1 heterocycles. The molecule has 1 atom stereocenters. The maximum atomic E-state index is 11.4. The molecule has 1 rings (SSSR count). The Morgan fingerprint density at radius 3 is 2.56 bits per heavy atom. The van der Waals surface area contributed by atoms with Gasteiger partial charge in [0.15, 0.2) is 5.76 Å². The van der Waals surface area contributed by atoms with Crippen LogP contribution in [0.1, 0.15) is 21.1 Å². The van der Waals surface area contributed by atoms with Gasteiger partial charge in [-0.05, 0) is 12.1 Å². The summed E-state index contributed by atoms with van der Waals surface area (Å²) in [4.78, 5) is 21.8. The van der Waals surface area contributed by atoms with Gasteiger partial charge in [-0.1, -0.05) is 0 Å². The predicted molar refractivity (Wildman–Crippen MR) is 56.9 cm³/mol. The van der Waals surface area contributed by atoms with E-state index in [0.717, 1.165) is 0 Å². The molecule has 7 heteroatoms. The van der Waals surface area contributed by atoms with Gasteiger partial charge in [0.2, 0.25) is 5.76 Å². The van der Waals surface area contributed by atoms with E-state index >= 15 is 0 Å². The van der Waals surface area contributed by atoms with Crippen molar-refractivity contribution in [3.8, 4) is 0 Å². The van der Waals surface area contributed by atoms with Crippen LogP contribution in [0.5, 0.6) is 0 Å². The molecule has 16 heavy (non-hydrogen) atoms. The lowest BCUT2D eigenvalue weighted by Gasteiger charge is -2.00. The molecule has 0 bridgehead atoms. The van der Waals surface area contributed by atoms with Crippen molar-refractivity contribution in [2.45, 2.75) is 0 Å². The van der Waals surface area contributed by atoms with Gasteiger partial charge in [-0.25, -0.2) is 4.79 Å². The van der Waals surface area contributed by atoms with Crippen molar-refractivity contribution in [1.82, 2.24) is 5.32 Å². The van der Waals surface area contributed by atoms with Gasteiger partial charge in [0, 0.05) is 29.4 Å². The van der Waals surface area contributed by atoms with E-state index in [1.807, 2.05) is 0 Å². The number of hydrogen-bond donors (Lipinski definition) is 2. The van der Waals surface area contributed by atoms with Crippen molar-refractivity contribution in [3.05, 3.63) is 23.7 Å². The Morgan fingerprint density at radius 1 is 1.44 bits per heavy atom. The van der Waals surface area contributed by atoms with Crippen LogP contribution in [0.3, 0.4) is 0 Å². The molecule has 0 spiro atoms. The van der Waals surface area contributed by atoms with Gasteiger partial charge >= 0.3 is 5.97 Å². The Balaban J connectivity index is 2.53. The van der Waals surface area contributed by atoms with Crippen LogP contribution in [0.15, 0.2) is 16.5 Å². The molecular weight excluding hydrogens is 234 g/mol. The first-order valence-electron chi connectivity index (χ1n) is 4.42. The van der Waals surface area contributed by atoms with Crippen LogP contribution in [0.4, 0.5) is 0 Å². The molecule has 6 nitrogen and oxygen atoms in total. The fourth-order valence-electron chi connectivity index (χ4n) is 0.970. The van der Waals surface area contributed by atoms with E-state index in [1.54, 1.807) is 0 Å². The Kier molecular flexibility index (Phi) is 4.24. The van der Waals surface area contributed by atoms with Crippen LogP contribution >= 0.6 is 0 Å². The van der Waals surface area contributed by atoms with Gasteiger partial charge in [-0.15, -0.1) is 0 Å². The Bertz CT molecular complexity index is 425. The number of furan rings is 1. The number of hydrogen-bond acceptors (Lipinski definition) is 4. The highest BCUT2D eigenvalue weighted by Crippen LogP contribution is 2.07. The summed E-state index contributed by atoms with van der Waals surface area (Å²) < 4.78 is 15.5. The van der Waals surface area contributed by atoms with Gasteiger partial charge in [-0.3, -0.25) is 9.00 Å². The average Bonchev–Trinajstić information content (AvgIpc) is 2.65. The van der Waals surface area contributed by atoms with Crippen LogP contribution < -0.4 is 5.32 Å². The summed E-state index contributed by atoms with van der Waals surface area (Å²) in [6.45, 7) is 0.255. The minimum absolute atomic E-state index is 0.0701. The third-order valence-electron chi connectivity index (χ3n) is 1.72. The van der Waals surface area contributed by atoms with E-state index in [9.17, 15) is 13.8 Å². The molecule has 1 amide bonds. The molecule has 0 saturated heterocycles. The number of rotatable bonds is 5. The molecule has 1 aromatic rings. The Morgan fingerprint density at radius 2 is 2.06 bits per heavy atom. The van der Waals surface area contributed by atoms with Gasteiger partial charge in [-0.2, -0.15) is 0 Å². The van der Waals surface area contributed by atoms with E-state index in [-0.39, 0.29) is 18.1 Å². The molecule has 0 aliphatic carbocycles. The highest BCUT2D eigenvalue weighted by atomic mass is 32.2. The van der Waals surface area contributed by atoms with E-state index in [1.165, 1.54) is 18.4 Å². The summed E-state index contributed by atoms with van der Waals surface area (Å²) in [5.41, 5.74) is 0. The van der Waals surface area contributed by atoms with Gasteiger partial charge < -0.3 is 14.8 Å². The average molecular weight is 245 g/mol. The SMILES string of the molecule is CS(=O)CCNC(=O)c1ccc(C(=O)O)o1. The second-order valence-electron chi connectivity index (χ2n) is 3.00. The van der Waals surface area contributed by atoms with Crippen molar-refractivity contribution in [3.63, 3.8) is 0 Å². The van der Waals surface area contributed by atoms with Crippen LogP contribution in [0.2, 0.25) is 0 Å². The zero-order chi connectivity index (χ0) is 12.1. The smallest absolute Gasteiger partial charge is 0.371 e. The lowest BCUT2D eigenvalue weighted by Crippen LogP contribution is -2.27. The summed E-state index contributed by atoms with van der Waals surface area (Å²) in [6, 6.07) is 2.48. The van der Waals surface area contributed by atoms with Crippen LogP contribution in [0.25, 0.3) is 0 Å². The van der Waals surface area contributed by atoms with Crippen molar-refractivity contribution in [2.75, 3.05) is 18.6 Å². The Hall–Kier alpha value is -1.63. The fraction of sp³-hybridized carbons (Fsp3) is 0.333. The molecule has 88 valence electrons. The maximum Gasteiger partial charge on any atom is 0.371 e. The lowest BCUT2D eigenvalue weighted by molar-refractivity contribution is 0.0659. The molecule has 0 aromatic carbocycles. The standard InChI is InChI=1S/C9H11NO5S/c1-16(14)5-4-10-8(11)6-2-3-7(15-6)9(12)13/h2-3H,4-5H2,1H3,(H,10,11)(H,12,13). The monoisotopic (exact) mass is 245 g/mol. The first kappa shape index (κ1) is 12.4. The van der Waals surface area contributed by atoms with Crippen molar-refractivity contribution >= 4 is 22.7 Å². The quantitative estimate of drug-likeness (QED) is 0.766. The molecule has 0 fully saturated rings. The molecule has 1 unspecified atom stereocenters. The normalized spacial score (nSPS) is 12.1. The molecule has 2 N–H and O–H groups in total. The highest BCUT2D eigenvalue weighted by Gasteiger charge is 2.14. The maximum absolute atomic E-state index is 11.4. The molecule has 0 aliphatic heterocycles. The van der Waals surface area contributed by atoms with E-state index < -0.39 is 22.7 Å². The number of aromatic carboxylic acids is 1. The first-order chi connectivity index (χ1) is 7.50. The van der Waals surface area contributed by atoms with E-state index in [2.05, 4.69) is 5.32 Å². The zero-order valence-electron chi connectivity index (χ0n) is 8.56. The summed E-state index contributed by atoms with van der Waals surface area (Å²) in [5.74, 6) is -1.76. The van der Waals surface area contributed by atoms with Gasteiger partial charge in [0.05, 0.1) is 0 Å². The topological polar surface area (TPSA) is 96.6 Å². The summed E-state index contributed by atoms with van der Waals surface area (Å²) in [5, 5.41) is 11.0. The number of carbonyl (C=O) groups excluding carboxylic acids is 1. The molecule has 0 saturated carbocycles. The third-order valence-corrected chi connectivity index (χ3v) is 2.49.